The van der Waals surface area contributed by atoms with E-state index in [0.717, 1.165) is 27.8 Å². The Balaban J connectivity index is 1.30. The Morgan fingerprint density at radius 1 is 1.23 bits per heavy atom. The minimum absolute atomic E-state index is 0.147. The van der Waals surface area contributed by atoms with Crippen molar-refractivity contribution >= 4 is 46.3 Å². The molecule has 1 aliphatic heterocycles. The molecule has 0 saturated heterocycles. The summed E-state index contributed by atoms with van der Waals surface area (Å²) in [5.41, 5.74) is 2.70. The molecule has 30 heavy (non-hydrogen) atoms. The maximum absolute atomic E-state index is 12.7. The van der Waals surface area contributed by atoms with Crippen LogP contribution in [0.3, 0.4) is 0 Å². The van der Waals surface area contributed by atoms with Gasteiger partial charge in [-0.3, -0.25) is 4.79 Å². The summed E-state index contributed by atoms with van der Waals surface area (Å²) in [5.74, 6) is 0.170. The van der Waals surface area contributed by atoms with Gasteiger partial charge in [-0.25, -0.2) is 9.78 Å². The van der Waals surface area contributed by atoms with E-state index in [-0.39, 0.29) is 5.91 Å². The fraction of sp³-hybridized carbons (Fsp3) is 0.318. The third kappa shape index (κ3) is 4.94. The molecule has 1 unspecified atom stereocenters. The molecule has 3 aromatic rings. The Kier molecular flexibility index (Phi) is 6.55. The summed E-state index contributed by atoms with van der Waals surface area (Å²) in [7, 11) is 0. The van der Waals surface area contributed by atoms with Crippen molar-refractivity contribution in [1.29, 1.82) is 0 Å². The Bertz CT molecular complexity index is 1040. The number of benzene rings is 1. The summed E-state index contributed by atoms with van der Waals surface area (Å²) in [6.45, 7) is 4.89. The normalized spacial score (nSPS) is 14.3. The highest BCUT2D eigenvalue weighted by molar-refractivity contribution is 7.98. The van der Waals surface area contributed by atoms with Crippen LogP contribution in [0, 0.1) is 6.92 Å². The first-order valence-corrected chi connectivity index (χ1v) is 12.4. The van der Waals surface area contributed by atoms with Crippen LogP contribution in [0.15, 0.2) is 46.0 Å². The van der Waals surface area contributed by atoms with E-state index < -0.39 is 12.1 Å². The number of carbonyl (C=O) groups excluding carboxylic acids is 2. The topological polar surface area (TPSA) is 59.5 Å². The molecule has 5 nitrogen and oxygen atoms in total. The molecule has 0 bridgehead atoms. The number of thioether (sulfide) groups is 1. The SMILES string of the molecule is Cc1nc(CSc2ccc(C(=O)OC(C)C(=O)N3CCc4sccc4C3)cc2)cs1. The van der Waals surface area contributed by atoms with E-state index in [9.17, 15) is 9.59 Å². The van der Waals surface area contributed by atoms with Crippen molar-refractivity contribution in [2.24, 2.45) is 0 Å². The molecule has 1 atom stereocenters. The molecule has 1 amide bonds. The smallest absolute Gasteiger partial charge is 0.338 e. The molecular formula is C22H22N2O3S3. The molecule has 0 saturated carbocycles. The molecule has 4 rings (SSSR count). The van der Waals surface area contributed by atoms with Gasteiger partial charge < -0.3 is 9.64 Å². The van der Waals surface area contributed by atoms with E-state index in [2.05, 4.69) is 21.8 Å². The van der Waals surface area contributed by atoms with Gasteiger partial charge in [-0.2, -0.15) is 0 Å². The second kappa shape index (κ2) is 9.32. The number of aryl methyl sites for hydroxylation is 1. The predicted octanol–water partition coefficient (Wildman–Crippen LogP) is 4.94. The summed E-state index contributed by atoms with van der Waals surface area (Å²) in [4.78, 5) is 33.8. The second-order valence-electron chi connectivity index (χ2n) is 7.10. The lowest BCUT2D eigenvalue weighted by atomic mass is 10.1. The van der Waals surface area contributed by atoms with Crippen LogP contribution in [0.5, 0.6) is 0 Å². The van der Waals surface area contributed by atoms with Gasteiger partial charge in [0.25, 0.3) is 5.91 Å². The average Bonchev–Trinajstić information content (AvgIpc) is 3.39. The quantitative estimate of drug-likeness (QED) is 0.387. The number of thiazole rings is 1. The molecule has 2 aromatic heterocycles. The Hall–Kier alpha value is -2.16. The first kappa shape index (κ1) is 21.1. The molecule has 1 aromatic carbocycles. The first-order chi connectivity index (χ1) is 14.5. The van der Waals surface area contributed by atoms with Crippen LogP contribution < -0.4 is 0 Å². The number of carbonyl (C=O) groups is 2. The number of fused-ring (bicyclic) bond motifs is 1. The van der Waals surface area contributed by atoms with Gasteiger partial charge in [-0.05, 0) is 61.5 Å². The van der Waals surface area contributed by atoms with Crippen molar-refractivity contribution in [3.8, 4) is 0 Å². The zero-order valence-electron chi connectivity index (χ0n) is 16.8. The second-order valence-corrected chi connectivity index (χ2v) is 10.2. The van der Waals surface area contributed by atoms with Crippen molar-refractivity contribution in [2.45, 2.75) is 43.6 Å². The van der Waals surface area contributed by atoms with Crippen LogP contribution in [0.4, 0.5) is 0 Å². The highest BCUT2D eigenvalue weighted by Gasteiger charge is 2.27. The van der Waals surface area contributed by atoms with Crippen LogP contribution in [-0.4, -0.2) is 34.4 Å². The number of hydrogen-bond acceptors (Lipinski definition) is 7. The van der Waals surface area contributed by atoms with Gasteiger partial charge in [-0.15, -0.1) is 34.4 Å². The molecule has 0 N–H and O–H groups in total. The van der Waals surface area contributed by atoms with Crippen molar-refractivity contribution in [1.82, 2.24) is 9.88 Å². The molecule has 0 radical (unpaired) electrons. The number of hydrogen-bond donors (Lipinski definition) is 0. The summed E-state index contributed by atoms with van der Waals surface area (Å²) >= 11 is 5.05. The third-order valence-corrected chi connectivity index (χ3v) is 7.79. The van der Waals surface area contributed by atoms with Crippen LogP contribution >= 0.6 is 34.4 Å². The van der Waals surface area contributed by atoms with Crippen LogP contribution in [0.2, 0.25) is 0 Å². The number of aromatic nitrogens is 1. The van der Waals surface area contributed by atoms with E-state index in [1.54, 1.807) is 58.4 Å². The number of ether oxygens (including phenoxy) is 1. The lowest BCUT2D eigenvalue weighted by Crippen LogP contribution is -2.42. The summed E-state index contributed by atoms with van der Waals surface area (Å²) in [6, 6.07) is 9.34. The van der Waals surface area contributed by atoms with E-state index in [0.29, 0.717) is 18.7 Å². The molecule has 0 spiro atoms. The molecular weight excluding hydrogens is 436 g/mol. The van der Waals surface area contributed by atoms with Gasteiger partial charge in [0.05, 0.1) is 16.3 Å². The number of thiophene rings is 1. The van der Waals surface area contributed by atoms with Gasteiger partial charge in [0.15, 0.2) is 6.10 Å². The summed E-state index contributed by atoms with van der Waals surface area (Å²) in [5, 5.41) is 5.18. The van der Waals surface area contributed by atoms with Crippen molar-refractivity contribution in [2.75, 3.05) is 6.54 Å². The van der Waals surface area contributed by atoms with Gasteiger partial charge >= 0.3 is 5.97 Å². The Morgan fingerprint density at radius 2 is 2.03 bits per heavy atom. The van der Waals surface area contributed by atoms with Gasteiger partial charge in [0.2, 0.25) is 0 Å². The monoisotopic (exact) mass is 458 g/mol. The minimum atomic E-state index is -0.806. The van der Waals surface area contributed by atoms with E-state index >= 15 is 0 Å². The third-order valence-electron chi connectivity index (χ3n) is 4.89. The Labute approximate surface area is 188 Å². The fourth-order valence-corrected chi connectivity index (χ4v) is 5.69. The largest absolute Gasteiger partial charge is 0.449 e. The minimum Gasteiger partial charge on any atom is -0.449 e. The number of esters is 1. The van der Waals surface area contributed by atoms with Crippen molar-refractivity contribution in [3.05, 3.63) is 67.8 Å². The average molecular weight is 459 g/mol. The summed E-state index contributed by atoms with van der Waals surface area (Å²) < 4.78 is 5.45. The van der Waals surface area contributed by atoms with E-state index in [1.165, 1.54) is 10.4 Å². The molecule has 1 aliphatic rings. The molecule has 3 heterocycles. The van der Waals surface area contributed by atoms with Gasteiger partial charge in [-0.1, -0.05) is 0 Å². The maximum Gasteiger partial charge on any atom is 0.338 e. The number of amides is 1. The van der Waals surface area contributed by atoms with Gasteiger partial charge in [0.1, 0.15) is 0 Å². The lowest BCUT2D eigenvalue weighted by Gasteiger charge is -2.29. The number of nitrogens with zero attached hydrogens (tertiary/aromatic N) is 2. The van der Waals surface area contributed by atoms with Crippen molar-refractivity contribution in [3.63, 3.8) is 0 Å². The highest BCUT2D eigenvalue weighted by Crippen LogP contribution is 2.26. The van der Waals surface area contributed by atoms with Crippen molar-refractivity contribution < 1.29 is 14.3 Å². The van der Waals surface area contributed by atoms with Crippen LogP contribution in [0.1, 0.15) is 38.4 Å². The van der Waals surface area contributed by atoms with E-state index in [1.807, 2.05) is 19.1 Å². The Morgan fingerprint density at radius 3 is 2.77 bits per heavy atom. The molecule has 0 fully saturated rings. The predicted molar refractivity (Wildman–Crippen MR) is 121 cm³/mol. The van der Waals surface area contributed by atoms with E-state index in [4.69, 9.17) is 4.74 Å². The molecule has 156 valence electrons. The zero-order chi connectivity index (χ0) is 21.1. The fourth-order valence-electron chi connectivity index (χ4n) is 3.29. The summed E-state index contributed by atoms with van der Waals surface area (Å²) in [6.07, 6.45) is 0.0542. The standard InChI is InChI=1S/C22H22N2O3S3/c1-14(21(25)24-9-7-20-17(11-24)8-10-28-20)27-22(26)16-3-5-19(6-4-16)30-13-18-12-29-15(2)23-18/h3-6,8,10,12,14H,7,9,11,13H2,1-2H3. The highest BCUT2D eigenvalue weighted by atomic mass is 32.2. The van der Waals surface area contributed by atoms with Crippen LogP contribution in [0.25, 0.3) is 0 Å². The van der Waals surface area contributed by atoms with Crippen LogP contribution in [-0.2, 0) is 28.2 Å². The van der Waals surface area contributed by atoms with Gasteiger partial charge in [0, 0.05) is 34.0 Å². The molecule has 0 aliphatic carbocycles. The molecule has 8 heteroatoms. The first-order valence-electron chi connectivity index (χ1n) is 9.68. The maximum atomic E-state index is 12.7. The zero-order valence-corrected chi connectivity index (χ0v) is 19.2. The number of rotatable bonds is 6. The lowest BCUT2D eigenvalue weighted by molar-refractivity contribution is -0.140.